The van der Waals surface area contributed by atoms with Crippen LogP contribution in [0.2, 0.25) is 0 Å². The first-order chi connectivity index (χ1) is 5.16. The quantitative estimate of drug-likeness (QED) is 0.593. The summed E-state index contributed by atoms with van der Waals surface area (Å²) in [4.78, 5) is 10.2. The summed E-state index contributed by atoms with van der Waals surface area (Å²) in [6.07, 6.45) is 5.37. The van der Waals surface area contributed by atoms with Crippen molar-refractivity contribution in [1.29, 1.82) is 0 Å². The topological polar surface area (TPSA) is 63.3 Å². The summed E-state index contributed by atoms with van der Waals surface area (Å²) in [5.74, 6) is -0.806. The van der Waals surface area contributed by atoms with Crippen molar-refractivity contribution in [1.82, 2.24) is 0 Å². The van der Waals surface area contributed by atoms with Crippen molar-refractivity contribution >= 4 is 5.97 Å². The number of carbonyl (C=O) groups is 1. The van der Waals surface area contributed by atoms with Crippen molar-refractivity contribution in [3.8, 4) is 0 Å². The molecule has 0 bridgehead atoms. The number of rotatable bonds is 4. The van der Waals surface area contributed by atoms with Gasteiger partial charge in [0.2, 0.25) is 0 Å². The highest BCUT2D eigenvalue weighted by atomic mass is 16.4. The fourth-order valence-electron chi connectivity index (χ4n) is 0.608. The van der Waals surface area contributed by atoms with E-state index in [1.807, 2.05) is 0 Å². The van der Waals surface area contributed by atoms with Gasteiger partial charge < -0.3 is 10.8 Å². The van der Waals surface area contributed by atoms with Crippen molar-refractivity contribution in [2.45, 2.75) is 13.3 Å². The molecule has 0 saturated carbocycles. The highest BCUT2D eigenvalue weighted by molar-refractivity contribution is 5.69. The third-order valence-corrected chi connectivity index (χ3v) is 1.08. The predicted octanol–water partition coefficient (Wildman–Crippen LogP) is 0.922. The number of aliphatic carboxylic acids is 1. The maximum absolute atomic E-state index is 10.2. The smallest absolute Gasteiger partial charge is 0.307 e. The van der Waals surface area contributed by atoms with E-state index in [4.69, 9.17) is 10.8 Å². The van der Waals surface area contributed by atoms with Gasteiger partial charge in [-0.2, -0.15) is 0 Å². The maximum Gasteiger partial charge on any atom is 0.307 e. The van der Waals surface area contributed by atoms with E-state index in [0.717, 1.165) is 5.57 Å². The molecule has 0 fully saturated rings. The minimum absolute atomic E-state index is 0.0922. The summed E-state index contributed by atoms with van der Waals surface area (Å²) < 4.78 is 0. The molecule has 0 radical (unpaired) electrons. The third kappa shape index (κ3) is 6.80. The van der Waals surface area contributed by atoms with Crippen LogP contribution in [-0.2, 0) is 4.79 Å². The van der Waals surface area contributed by atoms with E-state index in [1.54, 1.807) is 25.2 Å². The molecule has 0 spiro atoms. The summed E-state index contributed by atoms with van der Waals surface area (Å²) in [5.41, 5.74) is 6.01. The third-order valence-electron chi connectivity index (χ3n) is 1.08. The van der Waals surface area contributed by atoms with Crippen LogP contribution >= 0.6 is 0 Å². The Labute approximate surface area is 66.2 Å². The maximum atomic E-state index is 10.2. The molecule has 3 heteroatoms. The minimum atomic E-state index is -0.806. The SMILES string of the molecule is C/C(=C\C=C/CN)CC(=O)O. The molecule has 3 N–H and O–H groups in total. The predicted molar refractivity (Wildman–Crippen MR) is 44.2 cm³/mol. The molecule has 62 valence electrons. The number of carboxylic acid groups (broad SMARTS) is 1. The van der Waals surface area contributed by atoms with Crippen LogP contribution in [0, 0.1) is 0 Å². The Balaban J connectivity index is 3.81. The van der Waals surface area contributed by atoms with Gasteiger partial charge in [-0.15, -0.1) is 0 Å². The van der Waals surface area contributed by atoms with Crippen LogP contribution < -0.4 is 5.73 Å². The molecule has 0 unspecified atom stereocenters. The molecule has 0 amide bonds. The lowest BCUT2D eigenvalue weighted by Gasteiger charge is -1.91. The molecule has 0 aromatic heterocycles. The molecule has 3 nitrogen and oxygen atoms in total. The number of carboxylic acids is 1. The standard InChI is InChI=1S/C8H13NO2/c1-7(6-8(10)11)4-2-3-5-9/h2-4H,5-6,9H2,1H3,(H,10,11)/b3-2-,7-4+. The molecule has 0 rings (SSSR count). The lowest BCUT2D eigenvalue weighted by Crippen LogP contribution is -1.94. The Morgan fingerprint density at radius 1 is 1.64 bits per heavy atom. The molecule has 0 aliphatic carbocycles. The van der Waals surface area contributed by atoms with Crippen molar-refractivity contribution in [3.63, 3.8) is 0 Å². The zero-order valence-corrected chi connectivity index (χ0v) is 6.58. The first-order valence-corrected chi connectivity index (χ1v) is 3.41. The second kappa shape index (κ2) is 5.68. The molecule has 11 heavy (non-hydrogen) atoms. The van der Waals surface area contributed by atoms with Crippen LogP contribution in [0.15, 0.2) is 23.8 Å². The Bertz CT molecular complexity index is 183. The second-order valence-corrected chi connectivity index (χ2v) is 2.25. The van der Waals surface area contributed by atoms with E-state index < -0.39 is 5.97 Å². The van der Waals surface area contributed by atoms with Crippen LogP contribution in [0.3, 0.4) is 0 Å². The van der Waals surface area contributed by atoms with E-state index in [2.05, 4.69) is 0 Å². The lowest BCUT2D eigenvalue weighted by atomic mass is 10.2. The Hall–Kier alpha value is -1.09. The van der Waals surface area contributed by atoms with Crippen LogP contribution in [0.4, 0.5) is 0 Å². The molecular formula is C8H13NO2. The van der Waals surface area contributed by atoms with Crippen LogP contribution in [0.1, 0.15) is 13.3 Å². The van der Waals surface area contributed by atoms with Crippen molar-refractivity contribution in [2.75, 3.05) is 6.54 Å². The molecular weight excluding hydrogens is 142 g/mol. The van der Waals surface area contributed by atoms with Crippen LogP contribution in [0.5, 0.6) is 0 Å². The zero-order chi connectivity index (χ0) is 8.69. The van der Waals surface area contributed by atoms with Gasteiger partial charge >= 0.3 is 5.97 Å². The summed E-state index contributed by atoms with van der Waals surface area (Å²) in [5, 5.41) is 8.35. The van der Waals surface area contributed by atoms with Gasteiger partial charge in [0.25, 0.3) is 0 Å². The van der Waals surface area contributed by atoms with Gasteiger partial charge in [0.1, 0.15) is 0 Å². The van der Waals surface area contributed by atoms with Crippen molar-refractivity contribution in [2.24, 2.45) is 5.73 Å². The Morgan fingerprint density at radius 2 is 2.27 bits per heavy atom. The van der Waals surface area contributed by atoms with Gasteiger partial charge in [0.05, 0.1) is 6.42 Å². The van der Waals surface area contributed by atoms with Gasteiger partial charge in [0.15, 0.2) is 0 Å². The number of allylic oxidation sites excluding steroid dienone is 2. The summed E-state index contributed by atoms with van der Waals surface area (Å²) >= 11 is 0. The van der Waals surface area contributed by atoms with E-state index in [1.165, 1.54) is 0 Å². The van der Waals surface area contributed by atoms with E-state index >= 15 is 0 Å². The zero-order valence-electron chi connectivity index (χ0n) is 6.58. The van der Waals surface area contributed by atoms with Crippen molar-refractivity contribution in [3.05, 3.63) is 23.8 Å². The van der Waals surface area contributed by atoms with Crippen LogP contribution in [0.25, 0.3) is 0 Å². The Morgan fingerprint density at radius 3 is 2.73 bits per heavy atom. The fraction of sp³-hybridized carbons (Fsp3) is 0.375. The summed E-state index contributed by atoms with van der Waals surface area (Å²) in [6.45, 7) is 2.26. The largest absolute Gasteiger partial charge is 0.481 e. The monoisotopic (exact) mass is 155 g/mol. The average Bonchev–Trinajstić information content (AvgIpc) is 1.86. The highest BCUT2D eigenvalue weighted by Gasteiger charge is 1.95. The normalized spacial score (nSPS) is 12.4. The van der Waals surface area contributed by atoms with E-state index in [9.17, 15) is 4.79 Å². The molecule has 0 atom stereocenters. The summed E-state index contributed by atoms with van der Waals surface area (Å²) in [7, 11) is 0. The summed E-state index contributed by atoms with van der Waals surface area (Å²) in [6, 6.07) is 0. The first kappa shape index (κ1) is 9.91. The van der Waals surface area contributed by atoms with Gasteiger partial charge in [-0.1, -0.05) is 23.8 Å². The second-order valence-electron chi connectivity index (χ2n) is 2.25. The molecule has 0 aromatic rings. The number of hydrogen-bond acceptors (Lipinski definition) is 2. The molecule has 0 aromatic carbocycles. The van der Waals surface area contributed by atoms with Crippen molar-refractivity contribution < 1.29 is 9.90 Å². The van der Waals surface area contributed by atoms with Gasteiger partial charge in [0, 0.05) is 6.54 Å². The molecule has 0 aliphatic heterocycles. The molecule has 0 aliphatic rings. The number of hydrogen-bond donors (Lipinski definition) is 2. The minimum Gasteiger partial charge on any atom is -0.481 e. The average molecular weight is 155 g/mol. The first-order valence-electron chi connectivity index (χ1n) is 3.41. The van der Waals surface area contributed by atoms with E-state index in [0.29, 0.717) is 6.54 Å². The van der Waals surface area contributed by atoms with Crippen LogP contribution in [-0.4, -0.2) is 17.6 Å². The number of nitrogens with two attached hydrogens (primary N) is 1. The fourth-order valence-corrected chi connectivity index (χ4v) is 0.608. The van der Waals surface area contributed by atoms with E-state index in [-0.39, 0.29) is 6.42 Å². The highest BCUT2D eigenvalue weighted by Crippen LogP contribution is 1.98. The van der Waals surface area contributed by atoms with Gasteiger partial charge in [-0.05, 0) is 6.92 Å². The Kier molecular flexibility index (Phi) is 5.11. The van der Waals surface area contributed by atoms with Gasteiger partial charge in [-0.25, -0.2) is 0 Å². The van der Waals surface area contributed by atoms with Gasteiger partial charge in [-0.3, -0.25) is 4.79 Å². The molecule has 0 saturated heterocycles. The molecule has 0 heterocycles. The lowest BCUT2D eigenvalue weighted by molar-refractivity contribution is -0.136.